The van der Waals surface area contributed by atoms with Crippen molar-refractivity contribution in [1.29, 1.82) is 0 Å². The molecular weight excluding hydrogens is 288 g/mol. The molecule has 0 aliphatic rings. The number of amides is 1. The number of hydrogen-bond donors (Lipinski definition) is 0. The second-order valence-electron chi connectivity index (χ2n) is 4.55. The standard InChI is InChI=1S/C15H18N2O3S/c1-11-16-12(10-21-11)8-17(2)15(18)9-20-14-7-5-4-6-13(14)19-3/h4-7,10H,8-9H2,1-3H3. The van der Waals surface area contributed by atoms with E-state index in [1.165, 1.54) is 0 Å². The highest BCUT2D eigenvalue weighted by Gasteiger charge is 2.13. The van der Waals surface area contributed by atoms with E-state index in [2.05, 4.69) is 4.98 Å². The molecule has 0 aliphatic heterocycles. The van der Waals surface area contributed by atoms with E-state index >= 15 is 0 Å². The molecule has 112 valence electrons. The first kappa shape index (κ1) is 15.3. The van der Waals surface area contributed by atoms with Crippen LogP contribution in [0, 0.1) is 6.92 Å². The van der Waals surface area contributed by atoms with Gasteiger partial charge >= 0.3 is 0 Å². The number of likely N-dealkylation sites (N-methyl/N-ethyl adjacent to an activating group) is 1. The summed E-state index contributed by atoms with van der Waals surface area (Å²) in [5.74, 6) is 1.07. The number of para-hydroxylation sites is 2. The minimum absolute atomic E-state index is 0.0278. The largest absolute Gasteiger partial charge is 0.493 e. The zero-order valence-electron chi connectivity index (χ0n) is 12.3. The average Bonchev–Trinajstić information content (AvgIpc) is 2.90. The summed E-state index contributed by atoms with van der Waals surface area (Å²) in [7, 11) is 3.31. The number of nitrogens with zero attached hydrogens (tertiary/aromatic N) is 2. The minimum atomic E-state index is -0.105. The molecule has 6 heteroatoms. The Balaban J connectivity index is 1.89. The van der Waals surface area contributed by atoms with Crippen LogP contribution in [0.25, 0.3) is 0 Å². The number of benzene rings is 1. The molecule has 0 bridgehead atoms. The van der Waals surface area contributed by atoms with Crippen LogP contribution in [0.1, 0.15) is 10.7 Å². The predicted octanol–water partition coefficient (Wildman–Crippen LogP) is 2.50. The van der Waals surface area contributed by atoms with Gasteiger partial charge in [-0.3, -0.25) is 4.79 Å². The molecule has 1 aromatic carbocycles. The molecule has 0 atom stereocenters. The second kappa shape index (κ2) is 7.08. The van der Waals surface area contributed by atoms with Gasteiger partial charge in [0.05, 0.1) is 24.4 Å². The van der Waals surface area contributed by atoms with Gasteiger partial charge in [-0.2, -0.15) is 0 Å². The van der Waals surface area contributed by atoms with Crippen LogP contribution in [-0.2, 0) is 11.3 Å². The van der Waals surface area contributed by atoms with Crippen molar-refractivity contribution in [3.63, 3.8) is 0 Å². The number of aromatic nitrogens is 1. The van der Waals surface area contributed by atoms with Crippen molar-refractivity contribution in [2.24, 2.45) is 0 Å². The number of carbonyl (C=O) groups excluding carboxylic acids is 1. The first-order valence-electron chi connectivity index (χ1n) is 6.51. The normalized spacial score (nSPS) is 10.2. The molecular formula is C15H18N2O3S. The predicted molar refractivity (Wildman–Crippen MR) is 81.8 cm³/mol. The highest BCUT2D eigenvalue weighted by Crippen LogP contribution is 2.25. The van der Waals surface area contributed by atoms with Crippen molar-refractivity contribution < 1.29 is 14.3 Å². The molecule has 1 amide bonds. The maximum Gasteiger partial charge on any atom is 0.260 e. The van der Waals surface area contributed by atoms with Gasteiger partial charge in [-0.25, -0.2) is 4.98 Å². The van der Waals surface area contributed by atoms with Crippen molar-refractivity contribution in [2.45, 2.75) is 13.5 Å². The summed E-state index contributed by atoms with van der Waals surface area (Å²) in [5.41, 5.74) is 0.894. The van der Waals surface area contributed by atoms with Gasteiger partial charge in [-0.1, -0.05) is 12.1 Å². The Morgan fingerprint density at radius 2 is 2.05 bits per heavy atom. The van der Waals surface area contributed by atoms with Crippen LogP contribution in [0.15, 0.2) is 29.6 Å². The van der Waals surface area contributed by atoms with Crippen LogP contribution in [-0.4, -0.2) is 36.6 Å². The van der Waals surface area contributed by atoms with Crippen LogP contribution in [0.5, 0.6) is 11.5 Å². The molecule has 0 saturated heterocycles. The molecule has 21 heavy (non-hydrogen) atoms. The summed E-state index contributed by atoms with van der Waals surface area (Å²) >= 11 is 1.58. The number of thiazole rings is 1. The summed E-state index contributed by atoms with van der Waals surface area (Å²) in [6, 6.07) is 7.26. The Labute approximate surface area is 128 Å². The fourth-order valence-corrected chi connectivity index (χ4v) is 2.40. The summed E-state index contributed by atoms with van der Waals surface area (Å²) in [6.45, 7) is 2.40. The Bertz CT molecular complexity index is 612. The first-order chi connectivity index (χ1) is 10.1. The average molecular weight is 306 g/mol. The van der Waals surface area contributed by atoms with E-state index in [4.69, 9.17) is 9.47 Å². The van der Waals surface area contributed by atoms with Crippen LogP contribution in [0.2, 0.25) is 0 Å². The van der Waals surface area contributed by atoms with Crippen molar-refractivity contribution in [2.75, 3.05) is 20.8 Å². The lowest BCUT2D eigenvalue weighted by Gasteiger charge is -2.17. The molecule has 2 rings (SSSR count). The van der Waals surface area contributed by atoms with E-state index in [1.807, 2.05) is 24.4 Å². The fraction of sp³-hybridized carbons (Fsp3) is 0.333. The molecule has 0 unspecified atom stereocenters. The van der Waals surface area contributed by atoms with Crippen molar-refractivity contribution in [1.82, 2.24) is 9.88 Å². The van der Waals surface area contributed by atoms with E-state index in [1.54, 1.807) is 42.5 Å². The van der Waals surface area contributed by atoms with Crippen molar-refractivity contribution in [3.05, 3.63) is 40.3 Å². The van der Waals surface area contributed by atoms with Gasteiger partial charge in [0.15, 0.2) is 18.1 Å². The molecule has 0 spiro atoms. The summed E-state index contributed by atoms with van der Waals surface area (Å²) in [5, 5.41) is 2.95. The number of rotatable bonds is 6. The van der Waals surface area contributed by atoms with Gasteiger partial charge < -0.3 is 14.4 Å². The number of ether oxygens (including phenoxy) is 2. The van der Waals surface area contributed by atoms with E-state index in [9.17, 15) is 4.79 Å². The maximum absolute atomic E-state index is 12.1. The maximum atomic E-state index is 12.1. The molecule has 1 heterocycles. The van der Waals surface area contributed by atoms with Gasteiger partial charge in [-0.15, -0.1) is 11.3 Å². The van der Waals surface area contributed by atoms with Gasteiger partial charge in [0.1, 0.15) is 0 Å². The van der Waals surface area contributed by atoms with Crippen LogP contribution in [0.3, 0.4) is 0 Å². The highest BCUT2D eigenvalue weighted by molar-refractivity contribution is 7.09. The summed E-state index contributed by atoms with van der Waals surface area (Å²) in [4.78, 5) is 18.0. The zero-order chi connectivity index (χ0) is 15.2. The van der Waals surface area contributed by atoms with Crippen LogP contribution in [0.4, 0.5) is 0 Å². The third-order valence-corrected chi connectivity index (χ3v) is 3.73. The van der Waals surface area contributed by atoms with Gasteiger partial charge in [0.25, 0.3) is 5.91 Å². The first-order valence-corrected chi connectivity index (χ1v) is 7.39. The molecule has 0 N–H and O–H groups in total. The minimum Gasteiger partial charge on any atom is -0.493 e. The fourth-order valence-electron chi connectivity index (χ4n) is 1.80. The van der Waals surface area contributed by atoms with Crippen LogP contribution < -0.4 is 9.47 Å². The zero-order valence-corrected chi connectivity index (χ0v) is 13.1. The van der Waals surface area contributed by atoms with E-state index in [0.29, 0.717) is 18.0 Å². The summed E-state index contributed by atoms with van der Waals surface area (Å²) < 4.78 is 10.7. The number of methoxy groups -OCH3 is 1. The van der Waals surface area contributed by atoms with E-state index < -0.39 is 0 Å². The number of carbonyl (C=O) groups is 1. The molecule has 0 fully saturated rings. The van der Waals surface area contributed by atoms with Crippen molar-refractivity contribution >= 4 is 17.2 Å². The highest BCUT2D eigenvalue weighted by atomic mass is 32.1. The Morgan fingerprint density at radius 1 is 1.33 bits per heavy atom. The second-order valence-corrected chi connectivity index (χ2v) is 5.61. The third-order valence-electron chi connectivity index (χ3n) is 2.91. The quantitative estimate of drug-likeness (QED) is 0.823. The Hall–Kier alpha value is -2.08. The monoisotopic (exact) mass is 306 g/mol. The SMILES string of the molecule is COc1ccccc1OCC(=O)N(C)Cc1csc(C)n1. The van der Waals surface area contributed by atoms with E-state index in [0.717, 1.165) is 10.7 Å². The van der Waals surface area contributed by atoms with Crippen LogP contribution >= 0.6 is 11.3 Å². The summed E-state index contributed by atoms with van der Waals surface area (Å²) in [6.07, 6.45) is 0. The van der Waals surface area contributed by atoms with Gasteiger partial charge in [0.2, 0.25) is 0 Å². The number of aryl methyl sites for hydroxylation is 1. The van der Waals surface area contributed by atoms with Gasteiger partial charge in [0, 0.05) is 12.4 Å². The Kier molecular flexibility index (Phi) is 5.16. The van der Waals surface area contributed by atoms with E-state index in [-0.39, 0.29) is 12.5 Å². The third kappa shape index (κ3) is 4.19. The molecule has 0 saturated carbocycles. The Morgan fingerprint density at radius 3 is 2.67 bits per heavy atom. The lowest BCUT2D eigenvalue weighted by atomic mass is 10.3. The lowest BCUT2D eigenvalue weighted by molar-refractivity contribution is -0.132. The topological polar surface area (TPSA) is 51.7 Å². The lowest BCUT2D eigenvalue weighted by Crippen LogP contribution is -2.31. The smallest absolute Gasteiger partial charge is 0.260 e. The number of hydrogen-bond acceptors (Lipinski definition) is 5. The molecule has 0 aliphatic carbocycles. The molecule has 1 aromatic heterocycles. The molecule has 0 radical (unpaired) electrons. The van der Waals surface area contributed by atoms with Gasteiger partial charge in [-0.05, 0) is 19.1 Å². The molecule has 2 aromatic rings. The molecule has 5 nitrogen and oxygen atoms in total. The van der Waals surface area contributed by atoms with Crippen molar-refractivity contribution in [3.8, 4) is 11.5 Å².